The Balaban J connectivity index is 1.78. The Morgan fingerprint density at radius 1 is 1.48 bits per heavy atom. The van der Waals surface area contributed by atoms with Gasteiger partial charge in [-0.3, -0.25) is 4.90 Å². The summed E-state index contributed by atoms with van der Waals surface area (Å²) in [6.07, 6.45) is 0.979. The van der Waals surface area contributed by atoms with E-state index in [9.17, 15) is 0 Å². The van der Waals surface area contributed by atoms with E-state index in [1.807, 2.05) is 11.4 Å². The number of thiophene rings is 1. The van der Waals surface area contributed by atoms with Crippen LogP contribution in [0.3, 0.4) is 0 Å². The smallest absolute Gasteiger partial charge is 0.268 e. The van der Waals surface area contributed by atoms with Crippen LogP contribution in [0.2, 0.25) is 0 Å². The molecular weight excluding hydrogens is 288 g/mol. The molecule has 0 spiro atoms. The van der Waals surface area contributed by atoms with E-state index < -0.39 is 0 Å². The second kappa shape index (κ2) is 6.55. The van der Waals surface area contributed by atoms with Gasteiger partial charge in [-0.2, -0.15) is 4.98 Å². The minimum atomic E-state index is 0.228. The van der Waals surface area contributed by atoms with Crippen LogP contribution in [-0.4, -0.2) is 48.3 Å². The van der Waals surface area contributed by atoms with Gasteiger partial charge in [0.25, 0.3) is 5.89 Å². The Hall–Kier alpha value is -1.44. The summed E-state index contributed by atoms with van der Waals surface area (Å²) < 4.78 is 10.6. The molecule has 21 heavy (non-hydrogen) atoms. The van der Waals surface area contributed by atoms with Gasteiger partial charge in [-0.15, -0.1) is 11.3 Å². The third kappa shape index (κ3) is 3.09. The van der Waals surface area contributed by atoms with Gasteiger partial charge in [0, 0.05) is 37.6 Å². The molecule has 2 aromatic heterocycles. The van der Waals surface area contributed by atoms with Gasteiger partial charge in [-0.1, -0.05) is 12.1 Å². The molecule has 0 bridgehead atoms. The molecule has 0 amide bonds. The fourth-order valence-electron chi connectivity index (χ4n) is 2.61. The van der Waals surface area contributed by atoms with Gasteiger partial charge in [0.2, 0.25) is 0 Å². The topological polar surface area (TPSA) is 63.4 Å². The highest BCUT2D eigenvalue weighted by atomic mass is 32.1. The molecule has 0 saturated carbocycles. The number of ether oxygens (including phenoxy) is 1. The number of hydrogen-bond donors (Lipinski definition) is 1. The number of nitrogens with one attached hydrogen (secondary N) is 1. The van der Waals surface area contributed by atoms with Crippen molar-refractivity contribution in [2.24, 2.45) is 0 Å². The van der Waals surface area contributed by atoms with Crippen LogP contribution in [0, 0.1) is 0 Å². The first-order valence-electron chi connectivity index (χ1n) is 7.23. The van der Waals surface area contributed by atoms with Crippen LogP contribution >= 0.6 is 11.3 Å². The lowest BCUT2D eigenvalue weighted by Crippen LogP contribution is -2.45. The number of nitrogens with zero attached hydrogens (tertiary/aromatic N) is 3. The van der Waals surface area contributed by atoms with Gasteiger partial charge in [0.1, 0.15) is 5.75 Å². The average molecular weight is 308 g/mol. The summed E-state index contributed by atoms with van der Waals surface area (Å²) in [5, 5.41) is 9.50. The summed E-state index contributed by atoms with van der Waals surface area (Å²) in [7, 11) is 1.66. The third-order valence-corrected chi connectivity index (χ3v) is 4.64. The Labute approximate surface area is 128 Å². The monoisotopic (exact) mass is 308 g/mol. The van der Waals surface area contributed by atoms with E-state index in [4.69, 9.17) is 9.26 Å². The molecule has 7 heteroatoms. The minimum absolute atomic E-state index is 0.228. The van der Waals surface area contributed by atoms with Crippen molar-refractivity contribution in [1.82, 2.24) is 20.4 Å². The quantitative estimate of drug-likeness (QED) is 0.913. The normalized spacial score (nSPS) is 17.8. The predicted molar refractivity (Wildman–Crippen MR) is 81.6 cm³/mol. The zero-order valence-corrected chi connectivity index (χ0v) is 13.2. The molecule has 1 unspecified atom stereocenters. The largest absolute Gasteiger partial charge is 0.496 e. The Morgan fingerprint density at radius 2 is 2.29 bits per heavy atom. The number of hydrogen-bond acceptors (Lipinski definition) is 7. The first kappa shape index (κ1) is 14.5. The van der Waals surface area contributed by atoms with Crippen molar-refractivity contribution < 1.29 is 9.26 Å². The first-order chi connectivity index (χ1) is 10.3. The van der Waals surface area contributed by atoms with E-state index in [1.54, 1.807) is 18.4 Å². The summed E-state index contributed by atoms with van der Waals surface area (Å²) in [6, 6.07) is 2.15. The highest BCUT2D eigenvalue weighted by Gasteiger charge is 2.25. The van der Waals surface area contributed by atoms with Crippen LogP contribution in [-0.2, 0) is 0 Å². The first-order valence-corrected chi connectivity index (χ1v) is 8.11. The Bertz CT molecular complexity index is 577. The summed E-state index contributed by atoms with van der Waals surface area (Å²) >= 11 is 1.55. The van der Waals surface area contributed by atoms with Crippen molar-refractivity contribution in [3.63, 3.8) is 0 Å². The fourth-order valence-corrected chi connectivity index (χ4v) is 3.38. The molecule has 3 heterocycles. The van der Waals surface area contributed by atoms with Crippen LogP contribution in [0.15, 0.2) is 16.0 Å². The molecule has 1 fully saturated rings. The van der Waals surface area contributed by atoms with Crippen molar-refractivity contribution in [3.05, 3.63) is 17.3 Å². The summed E-state index contributed by atoms with van der Waals surface area (Å²) in [5.74, 6) is 2.18. The zero-order chi connectivity index (χ0) is 14.7. The van der Waals surface area contributed by atoms with Gasteiger partial charge >= 0.3 is 0 Å². The highest BCUT2D eigenvalue weighted by Crippen LogP contribution is 2.31. The lowest BCUT2D eigenvalue weighted by atomic mass is 10.1. The van der Waals surface area contributed by atoms with E-state index >= 15 is 0 Å². The molecule has 0 radical (unpaired) electrons. The van der Waals surface area contributed by atoms with Gasteiger partial charge < -0.3 is 14.6 Å². The molecule has 1 atom stereocenters. The molecule has 3 rings (SSSR count). The van der Waals surface area contributed by atoms with Gasteiger partial charge in [-0.25, -0.2) is 0 Å². The molecule has 114 valence electrons. The number of rotatable bonds is 5. The molecule has 6 nitrogen and oxygen atoms in total. The molecule has 1 aliphatic rings. The maximum absolute atomic E-state index is 5.43. The predicted octanol–water partition coefficient (Wildman–Crippen LogP) is 2.16. The summed E-state index contributed by atoms with van der Waals surface area (Å²) in [5.41, 5.74) is 0. The second-order valence-electron chi connectivity index (χ2n) is 5.02. The molecule has 0 aliphatic carbocycles. The summed E-state index contributed by atoms with van der Waals surface area (Å²) in [6.45, 7) is 6.24. The highest BCUT2D eigenvalue weighted by molar-refractivity contribution is 7.13. The van der Waals surface area contributed by atoms with Gasteiger partial charge in [-0.05, 0) is 6.42 Å². The number of piperazine rings is 1. The van der Waals surface area contributed by atoms with Crippen LogP contribution in [0.25, 0.3) is 10.8 Å². The molecule has 1 saturated heterocycles. The van der Waals surface area contributed by atoms with E-state index in [0.29, 0.717) is 5.89 Å². The molecule has 2 aromatic rings. The van der Waals surface area contributed by atoms with Crippen LogP contribution < -0.4 is 10.1 Å². The maximum Gasteiger partial charge on any atom is 0.268 e. The molecular formula is C14H20N4O2S. The van der Waals surface area contributed by atoms with E-state index in [-0.39, 0.29) is 6.04 Å². The number of methoxy groups -OCH3 is 1. The Kier molecular flexibility index (Phi) is 4.52. The van der Waals surface area contributed by atoms with E-state index in [0.717, 1.165) is 49.1 Å². The van der Waals surface area contributed by atoms with Crippen molar-refractivity contribution in [2.45, 2.75) is 19.4 Å². The summed E-state index contributed by atoms with van der Waals surface area (Å²) in [4.78, 5) is 7.95. The average Bonchev–Trinajstić information content (AvgIpc) is 3.18. The number of aromatic nitrogens is 2. The van der Waals surface area contributed by atoms with Crippen LogP contribution in [0.5, 0.6) is 5.75 Å². The SMILES string of the molecule is CCC(c1noc(-c2cc(OC)cs2)n1)N1CCNCC1. The van der Waals surface area contributed by atoms with Crippen molar-refractivity contribution in [2.75, 3.05) is 33.3 Å². The van der Waals surface area contributed by atoms with Crippen molar-refractivity contribution in [1.29, 1.82) is 0 Å². The lowest BCUT2D eigenvalue weighted by molar-refractivity contribution is 0.160. The van der Waals surface area contributed by atoms with Gasteiger partial charge in [0.05, 0.1) is 18.0 Å². The molecule has 1 aliphatic heterocycles. The minimum Gasteiger partial charge on any atom is -0.496 e. The van der Waals surface area contributed by atoms with Gasteiger partial charge in [0.15, 0.2) is 5.82 Å². The lowest BCUT2D eigenvalue weighted by Gasteiger charge is -2.32. The van der Waals surface area contributed by atoms with E-state index in [1.165, 1.54) is 0 Å². The third-order valence-electron chi connectivity index (χ3n) is 3.74. The van der Waals surface area contributed by atoms with E-state index in [2.05, 4.69) is 27.3 Å². The standard InChI is InChI=1S/C14H20N4O2S/c1-3-11(18-6-4-15-5-7-18)13-16-14(20-17-13)12-8-10(19-2)9-21-12/h8-9,11,15H,3-7H2,1-2H3. The molecule has 1 N–H and O–H groups in total. The molecule has 0 aromatic carbocycles. The van der Waals surface area contributed by atoms with Crippen LogP contribution in [0.4, 0.5) is 0 Å². The Morgan fingerprint density at radius 3 is 2.95 bits per heavy atom. The maximum atomic E-state index is 5.43. The van der Waals surface area contributed by atoms with Crippen molar-refractivity contribution >= 4 is 11.3 Å². The van der Waals surface area contributed by atoms with Crippen LogP contribution in [0.1, 0.15) is 25.2 Å². The second-order valence-corrected chi connectivity index (χ2v) is 5.93. The fraction of sp³-hybridized carbons (Fsp3) is 0.571. The zero-order valence-electron chi connectivity index (χ0n) is 12.3. The van der Waals surface area contributed by atoms with Crippen molar-refractivity contribution in [3.8, 4) is 16.5 Å².